The summed E-state index contributed by atoms with van der Waals surface area (Å²) in [5.74, 6) is 0.537. The number of fused-ring (bicyclic) bond motifs is 3. The van der Waals surface area contributed by atoms with Crippen molar-refractivity contribution in [2.75, 3.05) is 37.5 Å². The molecule has 4 aromatic rings. The number of aliphatic hydroxyl groups excluding tert-OH is 1. The maximum absolute atomic E-state index is 12.5. The van der Waals surface area contributed by atoms with Crippen LogP contribution in [0, 0.1) is 0 Å². The number of nitrogens with zero attached hydrogens (tertiary/aromatic N) is 1. The van der Waals surface area contributed by atoms with Gasteiger partial charge >= 0.3 is 10.2 Å². The third-order valence-electron chi connectivity index (χ3n) is 6.05. The predicted octanol–water partition coefficient (Wildman–Crippen LogP) is 4.15. The minimum absolute atomic E-state index is 0. The Morgan fingerprint density at radius 2 is 1.73 bits per heavy atom. The highest BCUT2D eigenvalue weighted by atomic mass is 35.5. The highest BCUT2D eigenvalue weighted by Crippen LogP contribution is 2.29. The van der Waals surface area contributed by atoms with E-state index >= 15 is 0 Å². The van der Waals surface area contributed by atoms with Crippen molar-refractivity contribution in [1.29, 1.82) is 0 Å². The van der Waals surface area contributed by atoms with Crippen molar-refractivity contribution in [3.8, 4) is 11.5 Å². The number of aliphatic hydroxyl groups is 1. The molecule has 0 fully saturated rings. The Bertz CT molecular complexity index is 1440. The number of phenols is 1. The number of ether oxygens (including phenoxy) is 1. The van der Waals surface area contributed by atoms with Gasteiger partial charge in [-0.2, -0.15) is 12.7 Å². The second-order valence-electron chi connectivity index (χ2n) is 8.41. The molecule has 0 saturated heterocycles. The van der Waals surface area contributed by atoms with Crippen LogP contribution in [0.1, 0.15) is 25.5 Å². The smallest absolute Gasteiger partial charge is 0.301 e. The molecule has 3 aromatic carbocycles. The molecule has 0 aliphatic carbocycles. The fourth-order valence-corrected chi connectivity index (χ4v) is 5.38. The van der Waals surface area contributed by atoms with Crippen LogP contribution in [0.2, 0.25) is 0 Å². The number of aromatic hydroxyl groups is 1. The van der Waals surface area contributed by atoms with Gasteiger partial charge in [0.05, 0.1) is 17.3 Å². The maximum atomic E-state index is 12.5. The highest BCUT2D eigenvalue weighted by Gasteiger charge is 2.21. The van der Waals surface area contributed by atoms with Crippen LogP contribution in [-0.4, -0.2) is 60.7 Å². The SMILES string of the molecule is CCN(CC)S(=O)(=O)Nc1cc(C(O)CNCCOc2ccc3c(c2)[nH]c2ccccc23)ccc1O.Cl. The lowest BCUT2D eigenvalue weighted by Gasteiger charge is -2.21. The number of hydrogen-bond acceptors (Lipinski definition) is 6. The van der Waals surface area contributed by atoms with Gasteiger partial charge in [0.1, 0.15) is 18.1 Å². The third kappa shape index (κ3) is 6.65. The number of rotatable bonds is 12. The van der Waals surface area contributed by atoms with Gasteiger partial charge in [-0.1, -0.05) is 38.1 Å². The van der Waals surface area contributed by atoms with Gasteiger partial charge in [0, 0.05) is 48.5 Å². The topological polar surface area (TPSA) is 127 Å². The second kappa shape index (κ2) is 12.5. The standard InChI is InChI=1S/C26H32N4O5S.ClH/c1-3-30(4-2)36(33,34)29-24-15-18(9-12-25(24)31)26(32)17-27-13-14-35-19-10-11-21-20-7-5-6-8-22(20)28-23(21)16-19;/h5-12,15-16,26-29,31-32H,3-4,13-14,17H2,1-2H3;1H. The number of halogens is 1. The van der Waals surface area contributed by atoms with Crippen LogP contribution >= 0.6 is 12.4 Å². The lowest BCUT2D eigenvalue weighted by molar-refractivity contribution is 0.172. The summed E-state index contributed by atoms with van der Waals surface area (Å²) >= 11 is 0. The van der Waals surface area contributed by atoms with E-state index in [-0.39, 0.29) is 30.4 Å². The van der Waals surface area contributed by atoms with Crippen molar-refractivity contribution in [1.82, 2.24) is 14.6 Å². The Morgan fingerprint density at radius 3 is 2.49 bits per heavy atom. The zero-order valence-electron chi connectivity index (χ0n) is 20.8. The monoisotopic (exact) mass is 548 g/mol. The van der Waals surface area contributed by atoms with Crippen molar-refractivity contribution < 1.29 is 23.4 Å². The molecule has 0 spiro atoms. The molecule has 0 bridgehead atoms. The molecular formula is C26H33ClN4O5S. The van der Waals surface area contributed by atoms with Crippen LogP contribution < -0.4 is 14.8 Å². The van der Waals surface area contributed by atoms with Gasteiger partial charge in [-0.15, -0.1) is 12.4 Å². The summed E-state index contributed by atoms with van der Waals surface area (Å²) in [7, 11) is -3.81. The van der Waals surface area contributed by atoms with Crippen LogP contribution in [0.5, 0.6) is 11.5 Å². The number of aromatic amines is 1. The third-order valence-corrected chi connectivity index (χ3v) is 7.73. The molecule has 1 aromatic heterocycles. The Morgan fingerprint density at radius 1 is 1.00 bits per heavy atom. The summed E-state index contributed by atoms with van der Waals surface area (Å²) in [4.78, 5) is 3.40. The van der Waals surface area contributed by atoms with E-state index in [1.807, 2.05) is 36.4 Å². The zero-order valence-corrected chi connectivity index (χ0v) is 22.4. The molecule has 0 radical (unpaired) electrons. The summed E-state index contributed by atoms with van der Waals surface area (Å²) in [6, 6.07) is 18.5. The molecule has 0 amide bonds. The van der Waals surface area contributed by atoms with E-state index < -0.39 is 16.3 Å². The highest BCUT2D eigenvalue weighted by molar-refractivity contribution is 7.90. The van der Waals surface area contributed by atoms with E-state index in [2.05, 4.69) is 21.1 Å². The molecule has 37 heavy (non-hydrogen) atoms. The first kappa shape index (κ1) is 28.5. The molecule has 1 unspecified atom stereocenters. The number of aromatic nitrogens is 1. The maximum Gasteiger partial charge on any atom is 0.301 e. The summed E-state index contributed by atoms with van der Waals surface area (Å²) in [5, 5.41) is 26.1. The Labute approximate surface area is 223 Å². The number of anilines is 1. The zero-order chi connectivity index (χ0) is 25.7. The summed E-state index contributed by atoms with van der Waals surface area (Å²) in [5.41, 5.74) is 2.59. The van der Waals surface area contributed by atoms with Crippen LogP contribution in [0.15, 0.2) is 60.7 Å². The van der Waals surface area contributed by atoms with E-state index in [0.29, 0.717) is 31.8 Å². The van der Waals surface area contributed by atoms with Crippen molar-refractivity contribution >= 4 is 50.1 Å². The average Bonchev–Trinajstić information content (AvgIpc) is 3.23. The van der Waals surface area contributed by atoms with Crippen molar-refractivity contribution in [3.63, 3.8) is 0 Å². The van der Waals surface area contributed by atoms with Crippen molar-refractivity contribution in [2.24, 2.45) is 0 Å². The summed E-state index contributed by atoms with van der Waals surface area (Å²) in [6.07, 6.45) is -0.898. The molecule has 1 atom stereocenters. The lowest BCUT2D eigenvalue weighted by Crippen LogP contribution is -2.35. The first-order valence-electron chi connectivity index (χ1n) is 11.9. The molecule has 200 valence electrons. The van der Waals surface area contributed by atoms with Crippen LogP contribution in [0.3, 0.4) is 0 Å². The van der Waals surface area contributed by atoms with E-state index in [9.17, 15) is 18.6 Å². The number of phenolic OH excluding ortho intramolecular Hbond substituents is 1. The van der Waals surface area contributed by atoms with Crippen molar-refractivity contribution in [2.45, 2.75) is 20.0 Å². The average molecular weight is 549 g/mol. The number of nitrogens with one attached hydrogen (secondary N) is 3. The van der Waals surface area contributed by atoms with E-state index in [4.69, 9.17) is 4.74 Å². The molecule has 0 saturated carbocycles. The Hall–Kier alpha value is -3.02. The molecule has 0 aliphatic rings. The molecule has 11 heteroatoms. The second-order valence-corrected chi connectivity index (χ2v) is 10.1. The van der Waals surface area contributed by atoms with Gasteiger partial charge < -0.3 is 25.3 Å². The first-order valence-corrected chi connectivity index (χ1v) is 13.4. The summed E-state index contributed by atoms with van der Waals surface area (Å²) < 4.78 is 34.5. The molecule has 0 aliphatic heterocycles. The normalized spacial score (nSPS) is 12.5. The van der Waals surface area contributed by atoms with Gasteiger partial charge in [-0.3, -0.25) is 4.72 Å². The van der Waals surface area contributed by atoms with Gasteiger partial charge in [-0.05, 0) is 35.9 Å². The Balaban J connectivity index is 0.00000380. The number of hydrogen-bond donors (Lipinski definition) is 5. The van der Waals surface area contributed by atoms with Crippen LogP contribution in [0.25, 0.3) is 21.8 Å². The first-order chi connectivity index (χ1) is 17.3. The fraction of sp³-hybridized carbons (Fsp3) is 0.308. The molecule has 5 N–H and O–H groups in total. The fourth-order valence-electron chi connectivity index (χ4n) is 4.13. The van der Waals surface area contributed by atoms with Gasteiger partial charge in [0.25, 0.3) is 0 Å². The van der Waals surface area contributed by atoms with Gasteiger partial charge in [0.15, 0.2) is 0 Å². The molecular weight excluding hydrogens is 516 g/mol. The van der Waals surface area contributed by atoms with Crippen molar-refractivity contribution in [3.05, 3.63) is 66.2 Å². The number of benzene rings is 3. The minimum Gasteiger partial charge on any atom is -0.506 e. The van der Waals surface area contributed by atoms with E-state index in [0.717, 1.165) is 22.2 Å². The van der Waals surface area contributed by atoms with E-state index in [1.54, 1.807) is 19.9 Å². The minimum atomic E-state index is -3.81. The van der Waals surface area contributed by atoms with Gasteiger partial charge in [0.2, 0.25) is 0 Å². The van der Waals surface area contributed by atoms with Crippen LogP contribution in [-0.2, 0) is 10.2 Å². The number of H-pyrrole nitrogens is 1. The number of para-hydroxylation sites is 1. The molecule has 4 rings (SSSR count). The Kier molecular flexibility index (Phi) is 9.63. The summed E-state index contributed by atoms with van der Waals surface area (Å²) in [6.45, 7) is 5.21. The quantitative estimate of drug-likeness (QED) is 0.134. The van der Waals surface area contributed by atoms with Gasteiger partial charge in [-0.25, -0.2) is 0 Å². The molecule has 9 nitrogen and oxygen atoms in total. The lowest BCUT2D eigenvalue weighted by atomic mass is 10.1. The predicted molar refractivity (Wildman–Crippen MR) is 150 cm³/mol. The molecule has 1 heterocycles. The largest absolute Gasteiger partial charge is 0.506 e. The van der Waals surface area contributed by atoms with Crippen LogP contribution in [0.4, 0.5) is 5.69 Å². The van der Waals surface area contributed by atoms with E-state index in [1.165, 1.54) is 21.8 Å².